The maximum atomic E-state index is 12.8. The number of piperidine rings is 1. The second kappa shape index (κ2) is 6.24. The van der Waals surface area contributed by atoms with Crippen molar-refractivity contribution in [2.75, 3.05) is 31.4 Å². The molecule has 0 radical (unpaired) electrons. The van der Waals surface area contributed by atoms with Gasteiger partial charge in [0.2, 0.25) is 0 Å². The van der Waals surface area contributed by atoms with E-state index in [0.29, 0.717) is 0 Å². The molecule has 1 N–H and O–H groups in total. The summed E-state index contributed by atoms with van der Waals surface area (Å²) in [6, 6.07) is -2.93. The van der Waals surface area contributed by atoms with Crippen molar-refractivity contribution in [3.05, 3.63) is 30.0 Å². The third kappa shape index (κ3) is 2.84. The summed E-state index contributed by atoms with van der Waals surface area (Å²) in [7, 11) is 0. The molecule has 23 heavy (non-hydrogen) atoms. The Labute approximate surface area is 154 Å². The summed E-state index contributed by atoms with van der Waals surface area (Å²) >= 11 is 0. The Balaban J connectivity index is 2.60. The van der Waals surface area contributed by atoms with Crippen LogP contribution in [-0.4, -0.2) is 58.3 Å². The Kier molecular flexibility index (Phi) is 1.57. The number of hydrogen-bond acceptors (Lipinski definition) is 4. The minimum absolute atomic E-state index is 0.0389. The van der Waals surface area contributed by atoms with Gasteiger partial charge in [0, 0.05) is 41.2 Å². The van der Waals surface area contributed by atoms with E-state index < -0.39 is 68.3 Å². The third-order valence-electron chi connectivity index (χ3n) is 2.98. The lowest BCUT2D eigenvalue weighted by molar-refractivity contribution is -0.130. The number of nitrogens with zero attached hydrogens (tertiary/aromatic N) is 5. The molecule has 2 aromatic rings. The molecule has 120 valence electrons. The Morgan fingerprint density at radius 1 is 1.74 bits per heavy atom. The molecule has 0 unspecified atom stereocenters. The van der Waals surface area contributed by atoms with E-state index in [1.165, 1.54) is 12.3 Å². The third-order valence-corrected chi connectivity index (χ3v) is 2.98. The summed E-state index contributed by atoms with van der Waals surface area (Å²) in [6.45, 7) is -10.1. The summed E-state index contributed by atoms with van der Waals surface area (Å²) in [4.78, 5) is 25.1. The lowest BCUT2D eigenvalue weighted by atomic mass is 9.92. The zero-order chi connectivity index (χ0) is 28.6. The van der Waals surface area contributed by atoms with Crippen LogP contribution in [0.5, 0.6) is 0 Å². The number of hydrogen-bond donors (Lipinski definition) is 1. The van der Waals surface area contributed by atoms with Crippen LogP contribution in [0.15, 0.2) is 18.6 Å². The lowest BCUT2D eigenvalue weighted by Crippen LogP contribution is -2.53. The second-order valence-corrected chi connectivity index (χ2v) is 4.39. The van der Waals surface area contributed by atoms with Gasteiger partial charge in [-0.05, 0) is 18.3 Å². The van der Waals surface area contributed by atoms with E-state index in [4.69, 9.17) is 24.4 Å². The highest BCUT2D eigenvalue weighted by atomic mass is 16.2. The van der Waals surface area contributed by atoms with E-state index in [9.17, 15) is 6.17 Å². The van der Waals surface area contributed by atoms with Gasteiger partial charge >= 0.3 is 5.91 Å². The first-order valence-corrected chi connectivity index (χ1v) is 6.31. The van der Waals surface area contributed by atoms with Gasteiger partial charge in [0.15, 0.2) is 0 Å². The Hall–Kier alpha value is -2.62. The molecule has 7 nitrogen and oxygen atoms in total. The van der Waals surface area contributed by atoms with Crippen LogP contribution < -0.4 is 4.90 Å². The number of H-pyrrole nitrogens is 1. The topological polar surface area (TPSA) is 69.5 Å². The normalized spacial score (nSPS) is 44.2. The molecular weight excluding hydrogens is 292 g/mol. The van der Waals surface area contributed by atoms with Crippen molar-refractivity contribution in [2.45, 2.75) is 19.2 Å². The first kappa shape index (κ1) is 5.78. The molecule has 1 aliphatic heterocycles. The molecule has 1 fully saturated rings. The highest BCUT2D eigenvalue weighted by Crippen LogP contribution is 2.28. The molecule has 3 heterocycles. The summed E-state index contributed by atoms with van der Waals surface area (Å²) in [5.41, 5.74) is -0.0389. The number of nitrogens with one attached hydrogen (secondary N) is 1. The molecule has 1 aliphatic rings. The fourth-order valence-electron chi connectivity index (χ4n) is 1.93. The van der Waals surface area contributed by atoms with Crippen molar-refractivity contribution in [2.24, 2.45) is 5.89 Å². The van der Waals surface area contributed by atoms with Crippen molar-refractivity contribution in [3.8, 4) is 0 Å². The number of aromatic nitrogens is 3. The predicted octanol–water partition coefficient (Wildman–Crippen LogP) is 1.55. The number of carbonyl (C=O) groups excluding carboxylic acids is 1. The van der Waals surface area contributed by atoms with Gasteiger partial charge in [-0.1, -0.05) is 6.85 Å². The van der Waals surface area contributed by atoms with E-state index in [2.05, 4.69) is 19.8 Å². The molecule has 0 saturated carbocycles. The molecule has 0 aliphatic carbocycles. The monoisotopic (exact) mass is 326 g/mol. The van der Waals surface area contributed by atoms with Gasteiger partial charge in [-0.15, -0.1) is 0 Å². The molecule has 1 amide bonds. The lowest BCUT2D eigenvalue weighted by Gasteiger charge is -2.41. The van der Waals surface area contributed by atoms with Gasteiger partial charge in [0.05, 0.1) is 15.5 Å². The number of rotatable bonds is 3. The molecule has 2 atom stereocenters. The summed E-state index contributed by atoms with van der Waals surface area (Å²) in [5.74, 6) is -6.73. The fourth-order valence-corrected chi connectivity index (χ4v) is 1.93. The fraction of sp³-hybridized carbons (Fsp3) is 0.500. The quantitative estimate of drug-likeness (QED) is 0.869. The van der Waals surface area contributed by atoms with Crippen molar-refractivity contribution < 1.29 is 24.0 Å². The Morgan fingerprint density at radius 3 is 3.43 bits per heavy atom. The molecular formula is C16H20N6O. The minimum Gasteiger partial charge on any atom is -0.354 e. The summed E-state index contributed by atoms with van der Waals surface area (Å²) < 4.78 is 117. The molecule has 7 heteroatoms. The van der Waals surface area contributed by atoms with Crippen molar-refractivity contribution in [1.29, 1.82) is 0 Å². The van der Waals surface area contributed by atoms with E-state index in [0.717, 1.165) is 6.33 Å². The highest BCUT2D eigenvalue weighted by molar-refractivity contribution is 5.87. The van der Waals surface area contributed by atoms with Gasteiger partial charge in [-0.25, -0.2) is 16.5 Å². The Morgan fingerprint density at radius 2 is 2.65 bits per heavy atom. The smallest absolute Gasteiger partial charge is 0.302 e. The molecule has 2 aromatic heterocycles. The number of carbonyl (C=O) groups is 1. The van der Waals surface area contributed by atoms with Crippen LogP contribution in [-0.2, 0) is 4.79 Å². The summed E-state index contributed by atoms with van der Waals surface area (Å²) in [5, 5.41) is -0.179. The van der Waals surface area contributed by atoms with Crippen LogP contribution in [0.25, 0.3) is 15.9 Å². The largest absolute Gasteiger partial charge is 0.354 e. The van der Waals surface area contributed by atoms with Crippen LogP contribution in [0.2, 0.25) is 0 Å². The molecule has 0 aromatic carbocycles. The number of likely N-dealkylation sites (tertiary alicyclic amines) is 1. The highest BCUT2D eigenvalue weighted by Gasteiger charge is 2.33. The Bertz CT molecular complexity index is 1270. The van der Waals surface area contributed by atoms with E-state index in [1.54, 1.807) is 0 Å². The molecule has 1 saturated heterocycles. The number of aromatic amines is 1. The van der Waals surface area contributed by atoms with Crippen LogP contribution in [0, 0.1) is 12.5 Å². The zero-order valence-corrected chi connectivity index (χ0v) is 11.6. The van der Waals surface area contributed by atoms with Gasteiger partial charge in [-0.2, -0.15) is 0 Å². The average Bonchev–Trinajstić information content (AvgIpc) is 3.19. The minimum atomic E-state index is -4.23. The predicted molar refractivity (Wildman–Crippen MR) is 87.9 cm³/mol. The molecule has 3 rings (SSSR count). The van der Waals surface area contributed by atoms with Gasteiger partial charge in [0.1, 0.15) is 17.8 Å². The average molecular weight is 326 g/mol. The van der Waals surface area contributed by atoms with Crippen molar-refractivity contribution in [3.63, 3.8) is 0 Å². The molecule has 0 bridgehead atoms. The number of fused-ring (bicyclic) bond motifs is 1. The van der Waals surface area contributed by atoms with Gasteiger partial charge < -0.3 is 19.6 Å². The zero-order valence-electron chi connectivity index (χ0n) is 25.6. The van der Waals surface area contributed by atoms with Gasteiger partial charge in [0.25, 0.3) is 6.54 Å². The van der Waals surface area contributed by atoms with Crippen LogP contribution >= 0.6 is 0 Å². The maximum Gasteiger partial charge on any atom is 0.302 e. The van der Waals surface area contributed by atoms with Crippen LogP contribution in [0.1, 0.15) is 32.4 Å². The number of likely N-dealkylation sites (N-methyl/N-ethyl adjacent to an activating group) is 1. The number of amides is 1. The standard InChI is InChI=1S/C16H20N6O/c1-11-5-7-22(14(23)8-17-2)9-13(11)21(3)16-12-4-6-18-15(12)19-10-20-16/h4,6,10-11,13H,5,7-9H2,1,3H3,(H,18,19,20)/t11-,13+/m1/s1/i1D3,3D3,5D2,7D2,9D2,11D,13D. The van der Waals surface area contributed by atoms with Crippen LogP contribution in [0.3, 0.4) is 0 Å². The second-order valence-electron chi connectivity index (χ2n) is 4.39. The van der Waals surface area contributed by atoms with Crippen molar-refractivity contribution in [1.82, 2.24) is 19.9 Å². The SMILES string of the molecule is [2H]C([2H])([2H])N(c1ncnc2[nH]ccc12)[C@@]1([2H])C([2H])([2H])N(C(=O)C[N+]#[C-])C([2H])([2H])C([2H])([2H])[C@@]1([2H])C([2H])([2H])[2H]. The summed E-state index contributed by atoms with van der Waals surface area (Å²) in [6.07, 6.45) is -2.05. The van der Waals surface area contributed by atoms with E-state index >= 15 is 0 Å². The number of anilines is 1. The first-order chi connectivity index (χ1) is 16.6. The van der Waals surface area contributed by atoms with Crippen molar-refractivity contribution >= 4 is 22.8 Å². The van der Waals surface area contributed by atoms with E-state index in [1.807, 2.05) is 0 Å². The van der Waals surface area contributed by atoms with E-state index in [-0.39, 0.29) is 15.9 Å². The first-order valence-electron chi connectivity index (χ1n) is 13.3. The maximum absolute atomic E-state index is 12.8. The molecule has 0 spiro atoms. The van der Waals surface area contributed by atoms with Gasteiger partial charge in [-0.3, -0.25) is 4.79 Å². The van der Waals surface area contributed by atoms with Crippen LogP contribution in [0.4, 0.5) is 5.82 Å².